The molecular weight excluding hydrogens is 251 g/mol. The second-order valence-electron chi connectivity index (χ2n) is 3.14. The predicted molar refractivity (Wildman–Crippen MR) is 58.2 cm³/mol. The van der Waals surface area contributed by atoms with Gasteiger partial charge in [-0.15, -0.1) is 11.3 Å². The molecule has 0 unspecified atom stereocenters. The number of rotatable bonds is 2. The fourth-order valence-electron chi connectivity index (χ4n) is 1.17. The van der Waals surface area contributed by atoms with E-state index in [1.807, 2.05) is 0 Å². The molecule has 0 saturated heterocycles. The summed E-state index contributed by atoms with van der Waals surface area (Å²) in [6, 6.07) is 2.24. The topological polar surface area (TPSA) is 49.6 Å². The number of alkyl halides is 3. The Kier molecular flexibility index (Phi) is 2.93. The van der Waals surface area contributed by atoms with E-state index in [9.17, 15) is 13.2 Å². The van der Waals surface area contributed by atoms with Crippen molar-refractivity contribution < 1.29 is 13.2 Å². The zero-order valence-electron chi connectivity index (χ0n) is 8.32. The van der Waals surface area contributed by atoms with Gasteiger partial charge in [0.1, 0.15) is 10.7 Å². The third-order valence-electron chi connectivity index (χ3n) is 1.97. The van der Waals surface area contributed by atoms with E-state index in [0.29, 0.717) is 15.4 Å². The molecule has 0 bridgehead atoms. The van der Waals surface area contributed by atoms with Gasteiger partial charge in [0, 0.05) is 24.2 Å². The Morgan fingerprint density at radius 3 is 2.41 bits per heavy atom. The molecule has 0 fully saturated rings. The Morgan fingerprint density at radius 1 is 1.18 bits per heavy atom. The van der Waals surface area contributed by atoms with E-state index in [4.69, 9.17) is 5.41 Å². The van der Waals surface area contributed by atoms with Crippen molar-refractivity contribution in [3.8, 4) is 10.6 Å². The van der Waals surface area contributed by atoms with Crippen LogP contribution in [0.25, 0.3) is 10.6 Å². The molecule has 2 aromatic heterocycles. The molecule has 1 N–H and O–H groups in total. The Hall–Kier alpha value is -1.76. The number of nitrogens with one attached hydrogen (secondary N) is 1. The van der Waals surface area contributed by atoms with Crippen LogP contribution in [0.2, 0.25) is 0 Å². The van der Waals surface area contributed by atoms with E-state index in [0.717, 1.165) is 18.5 Å². The Labute approximate surface area is 98.5 Å². The van der Waals surface area contributed by atoms with Crippen LogP contribution in [-0.2, 0) is 6.18 Å². The molecule has 0 aliphatic carbocycles. The molecule has 0 saturated carbocycles. The van der Waals surface area contributed by atoms with Gasteiger partial charge < -0.3 is 5.41 Å². The lowest BCUT2D eigenvalue weighted by Crippen LogP contribution is -2.07. The predicted octanol–water partition coefficient (Wildman–Crippen LogP) is 3.22. The Morgan fingerprint density at radius 2 is 1.94 bits per heavy atom. The quantitative estimate of drug-likeness (QED) is 0.840. The van der Waals surface area contributed by atoms with Gasteiger partial charge in [0.25, 0.3) is 0 Å². The summed E-state index contributed by atoms with van der Waals surface area (Å²) in [4.78, 5) is 7.98. The van der Waals surface area contributed by atoms with E-state index < -0.39 is 11.9 Å². The Bertz CT molecular complexity index is 530. The second kappa shape index (κ2) is 4.25. The maximum atomic E-state index is 12.3. The molecule has 2 rings (SSSR count). The van der Waals surface area contributed by atoms with Crippen molar-refractivity contribution >= 4 is 17.6 Å². The highest BCUT2D eigenvalue weighted by atomic mass is 32.1. The molecular formula is C10H6F3N3S. The van der Waals surface area contributed by atoms with Crippen LogP contribution in [0, 0.1) is 5.41 Å². The van der Waals surface area contributed by atoms with Gasteiger partial charge in [0.2, 0.25) is 0 Å². The maximum Gasteiger partial charge on any atom is 0.433 e. The van der Waals surface area contributed by atoms with E-state index >= 15 is 0 Å². The highest BCUT2D eigenvalue weighted by molar-refractivity contribution is 7.16. The highest BCUT2D eigenvalue weighted by Gasteiger charge is 2.32. The van der Waals surface area contributed by atoms with Gasteiger partial charge in [-0.05, 0) is 12.1 Å². The Balaban J connectivity index is 2.32. The smallest absolute Gasteiger partial charge is 0.307 e. The molecule has 17 heavy (non-hydrogen) atoms. The molecule has 0 aromatic carbocycles. The van der Waals surface area contributed by atoms with Crippen LogP contribution in [0.5, 0.6) is 0 Å². The summed E-state index contributed by atoms with van der Waals surface area (Å²) >= 11 is 1.22. The zero-order chi connectivity index (χ0) is 12.5. The molecule has 0 aliphatic rings. The molecule has 88 valence electrons. The summed E-state index contributed by atoms with van der Waals surface area (Å²) in [6.45, 7) is 0. The lowest BCUT2D eigenvalue weighted by molar-refractivity contribution is -0.141. The zero-order valence-corrected chi connectivity index (χ0v) is 9.14. The number of hydrogen-bond donors (Lipinski definition) is 1. The second-order valence-corrected chi connectivity index (χ2v) is 4.20. The number of halogens is 3. The van der Waals surface area contributed by atoms with E-state index in [2.05, 4.69) is 9.97 Å². The van der Waals surface area contributed by atoms with Gasteiger partial charge in [-0.3, -0.25) is 4.98 Å². The van der Waals surface area contributed by atoms with E-state index in [1.165, 1.54) is 23.6 Å². The normalized spacial score (nSPS) is 11.5. The monoisotopic (exact) mass is 257 g/mol. The molecule has 7 heteroatoms. The standard InChI is InChI=1S/C10H6F3N3S/c11-10(12,13)8-2-1-6(4-15-8)9-16-5-7(3-14)17-9/h1-5,14H. The van der Waals surface area contributed by atoms with Crippen LogP contribution in [0.3, 0.4) is 0 Å². The first-order valence-electron chi connectivity index (χ1n) is 4.50. The minimum absolute atomic E-state index is 0.510. The summed E-state index contributed by atoms with van der Waals surface area (Å²) in [5, 5.41) is 7.56. The first kappa shape index (κ1) is 11.7. The third-order valence-corrected chi connectivity index (χ3v) is 2.96. The summed E-state index contributed by atoms with van der Waals surface area (Å²) < 4.78 is 36.8. The van der Waals surface area contributed by atoms with Gasteiger partial charge in [-0.1, -0.05) is 0 Å². The van der Waals surface area contributed by atoms with Crippen molar-refractivity contribution in [1.29, 1.82) is 5.41 Å². The summed E-state index contributed by atoms with van der Waals surface area (Å²) in [5.41, 5.74) is -0.416. The SMILES string of the molecule is N=Cc1cnc(-c2ccc(C(F)(F)F)nc2)s1. The van der Waals surface area contributed by atoms with Crippen molar-refractivity contribution in [3.05, 3.63) is 35.1 Å². The van der Waals surface area contributed by atoms with Crippen molar-refractivity contribution in [2.24, 2.45) is 0 Å². The van der Waals surface area contributed by atoms with Crippen molar-refractivity contribution in [2.45, 2.75) is 6.18 Å². The van der Waals surface area contributed by atoms with E-state index in [1.54, 1.807) is 0 Å². The van der Waals surface area contributed by atoms with Crippen LogP contribution in [0.4, 0.5) is 13.2 Å². The van der Waals surface area contributed by atoms with Gasteiger partial charge in [-0.2, -0.15) is 13.2 Å². The molecule has 0 radical (unpaired) electrons. The summed E-state index contributed by atoms with van der Waals surface area (Å²) in [5.74, 6) is 0. The summed E-state index contributed by atoms with van der Waals surface area (Å²) in [6.07, 6.45) is -0.666. The van der Waals surface area contributed by atoms with Crippen LogP contribution < -0.4 is 0 Å². The number of pyridine rings is 1. The van der Waals surface area contributed by atoms with Gasteiger partial charge >= 0.3 is 6.18 Å². The highest BCUT2D eigenvalue weighted by Crippen LogP contribution is 2.29. The fraction of sp³-hybridized carbons (Fsp3) is 0.100. The van der Waals surface area contributed by atoms with Crippen molar-refractivity contribution in [1.82, 2.24) is 9.97 Å². The molecule has 0 atom stereocenters. The van der Waals surface area contributed by atoms with Crippen LogP contribution in [0.1, 0.15) is 10.6 Å². The number of nitrogens with zero attached hydrogens (tertiary/aromatic N) is 2. The van der Waals surface area contributed by atoms with Crippen molar-refractivity contribution in [3.63, 3.8) is 0 Å². The molecule has 2 aromatic rings. The number of aromatic nitrogens is 2. The number of thiazole rings is 1. The third kappa shape index (κ3) is 2.50. The molecule has 0 aliphatic heterocycles. The average molecular weight is 257 g/mol. The molecule has 3 nitrogen and oxygen atoms in total. The minimum atomic E-state index is -4.43. The van der Waals surface area contributed by atoms with Crippen LogP contribution in [-0.4, -0.2) is 16.2 Å². The van der Waals surface area contributed by atoms with Gasteiger partial charge in [-0.25, -0.2) is 4.98 Å². The fourth-order valence-corrected chi connectivity index (χ4v) is 1.91. The lowest BCUT2D eigenvalue weighted by Gasteiger charge is -2.04. The average Bonchev–Trinajstić information content (AvgIpc) is 2.76. The number of hydrogen-bond acceptors (Lipinski definition) is 4. The van der Waals surface area contributed by atoms with E-state index in [-0.39, 0.29) is 0 Å². The van der Waals surface area contributed by atoms with Crippen molar-refractivity contribution in [2.75, 3.05) is 0 Å². The minimum Gasteiger partial charge on any atom is -0.307 e. The largest absolute Gasteiger partial charge is 0.433 e. The first-order chi connectivity index (χ1) is 8.00. The van der Waals surface area contributed by atoms with Crippen LogP contribution in [0.15, 0.2) is 24.5 Å². The maximum absolute atomic E-state index is 12.3. The molecule has 0 spiro atoms. The van der Waals surface area contributed by atoms with Gasteiger partial charge in [0.15, 0.2) is 0 Å². The lowest BCUT2D eigenvalue weighted by atomic mass is 10.2. The van der Waals surface area contributed by atoms with Crippen LogP contribution >= 0.6 is 11.3 Å². The van der Waals surface area contributed by atoms with Gasteiger partial charge in [0.05, 0.1) is 4.88 Å². The first-order valence-corrected chi connectivity index (χ1v) is 5.32. The summed E-state index contributed by atoms with van der Waals surface area (Å²) in [7, 11) is 0. The molecule has 0 amide bonds. The molecule has 2 heterocycles.